The number of likely N-dealkylation sites (N-methyl/N-ethyl adjacent to an activating group) is 1. The van der Waals surface area contributed by atoms with Gasteiger partial charge < -0.3 is 15.0 Å². The van der Waals surface area contributed by atoms with E-state index in [1.807, 2.05) is 0 Å². The van der Waals surface area contributed by atoms with Crippen LogP contribution in [0, 0.1) is 0 Å². The van der Waals surface area contributed by atoms with Crippen molar-refractivity contribution in [3.63, 3.8) is 0 Å². The molecule has 0 spiro atoms. The van der Waals surface area contributed by atoms with E-state index in [1.165, 1.54) is 0 Å². The number of quaternary nitrogens is 1. The van der Waals surface area contributed by atoms with Crippen LogP contribution in [0.5, 0.6) is 0 Å². The molecule has 66 valence electrons. The second-order valence-corrected chi connectivity index (χ2v) is 3.14. The Labute approximate surface area is 67.5 Å². The fraction of sp³-hybridized carbons (Fsp3) is 0.857. The molecule has 11 heavy (non-hydrogen) atoms. The lowest BCUT2D eigenvalue weighted by Gasteiger charge is -2.27. The lowest BCUT2D eigenvalue weighted by molar-refractivity contribution is -0.888. The lowest BCUT2D eigenvalue weighted by atomic mass is 10.4. The van der Waals surface area contributed by atoms with E-state index in [0.29, 0.717) is 6.61 Å². The Morgan fingerprint density at radius 2 is 2.09 bits per heavy atom. The largest absolute Gasteiger partial charge is 0.444 e. The van der Waals surface area contributed by atoms with Crippen molar-refractivity contribution in [2.24, 2.45) is 5.73 Å². The van der Waals surface area contributed by atoms with Crippen molar-refractivity contribution in [2.75, 3.05) is 33.8 Å². The molecule has 0 fully saturated rings. The summed E-state index contributed by atoms with van der Waals surface area (Å²) in [4.78, 5) is 10.2. The third-order valence-electron chi connectivity index (χ3n) is 1.80. The van der Waals surface area contributed by atoms with E-state index >= 15 is 0 Å². The topological polar surface area (TPSA) is 52.3 Å². The molecular weight excluding hydrogens is 144 g/mol. The summed E-state index contributed by atoms with van der Waals surface area (Å²) < 4.78 is 5.44. The zero-order valence-electron chi connectivity index (χ0n) is 7.46. The van der Waals surface area contributed by atoms with Crippen LogP contribution in [0.1, 0.15) is 6.92 Å². The molecule has 0 rings (SSSR count). The number of hydrogen-bond acceptors (Lipinski definition) is 2. The third-order valence-corrected chi connectivity index (χ3v) is 1.80. The standard InChI is InChI=1S/C7H16N2O2/c1-4-9(2,3)5-6-11-7(8)10/h4-6H2,1-3H3,(H-,8,10)/p+1. The monoisotopic (exact) mass is 161 g/mol. The number of nitrogens with zero attached hydrogens (tertiary/aromatic N) is 1. The number of amides is 1. The average molecular weight is 161 g/mol. The van der Waals surface area contributed by atoms with Crippen molar-refractivity contribution in [2.45, 2.75) is 6.92 Å². The number of hydrogen-bond donors (Lipinski definition) is 1. The Hall–Kier alpha value is -0.770. The summed E-state index contributed by atoms with van der Waals surface area (Å²) in [7, 11) is 4.15. The summed E-state index contributed by atoms with van der Waals surface area (Å²) in [5, 5.41) is 0. The van der Waals surface area contributed by atoms with E-state index in [1.54, 1.807) is 0 Å². The molecule has 0 aromatic rings. The minimum absolute atomic E-state index is 0.399. The highest BCUT2D eigenvalue weighted by molar-refractivity contribution is 5.64. The van der Waals surface area contributed by atoms with Crippen molar-refractivity contribution in [1.29, 1.82) is 0 Å². The predicted molar refractivity (Wildman–Crippen MR) is 43.1 cm³/mol. The highest BCUT2D eigenvalue weighted by atomic mass is 16.5. The highest BCUT2D eigenvalue weighted by Gasteiger charge is 2.11. The van der Waals surface area contributed by atoms with Gasteiger partial charge in [0, 0.05) is 0 Å². The molecule has 0 radical (unpaired) electrons. The van der Waals surface area contributed by atoms with E-state index < -0.39 is 6.09 Å². The maximum Gasteiger partial charge on any atom is 0.404 e. The third kappa shape index (κ3) is 5.66. The van der Waals surface area contributed by atoms with E-state index in [0.717, 1.165) is 17.6 Å². The molecule has 0 aliphatic carbocycles. The Bertz CT molecular complexity index is 134. The van der Waals surface area contributed by atoms with Crippen LogP contribution in [0.2, 0.25) is 0 Å². The van der Waals surface area contributed by atoms with Gasteiger partial charge in [-0.15, -0.1) is 0 Å². The quantitative estimate of drug-likeness (QED) is 0.598. The van der Waals surface area contributed by atoms with Crippen LogP contribution in [-0.4, -0.2) is 44.4 Å². The van der Waals surface area contributed by atoms with Crippen LogP contribution >= 0.6 is 0 Å². The first-order chi connectivity index (χ1) is 4.98. The van der Waals surface area contributed by atoms with Gasteiger partial charge in [-0.05, 0) is 6.92 Å². The van der Waals surface area contributed by atoms with Crippen molar-refractivity contribution in [1.82, 2.24) is 0 Å². The van der Waals surface area contributed by atoms with Crippen molar-refractivity contribution < 1.29 is 14.0 Å². The SMILES string of the molecule is CC[N+](C)(C)CCOC(N)=O. The van der Waals surface area contributed by atoms with E-state index in [4.69, 9.17) is 5.73 Å². The number of carbonyl (C=O) groups excluding carboxylic acids is 1. The Morgan fingerprint density at radius 3 is 2.45 bits per heavy atom. The van der Waals surface area contributed by atoms with Crippen molar-refractivity contribution >= 4 is 6.09 Å². The van der Waals surface area contributed by atoms with Crippen LogP contribution in [0.25, 0.3) is 0 Å². The summed E-state index contributed by atoms with van der Waals surface area (Å²) >= 11 is 0. The normalized spacial score (nSPS) is 11.2. The molecular formula is C7H17N2O2+. The van der Waals surface area contributed by atoms with Crippen LogP contribution in [-0.2, 0) is 4.74 Å². The Balaban J connectivity index is 3.45. The van der Waals surface area contributed by atoms with Crippen LogP contribution in [0.4, 0.5) is 4.79 Å². The number of rotatable bonds is 4. The smallest absolute Gasteiger partial charge is 0.404 e. The Morgan fingerprint density at radius 1 is 1.55 bits per heavy atom. The summed E-state index contributed by atoms with van der Waals surface area (Å²) in [5.74, 6) is 0. The van der Waals surface area contributed by atoms with Gasteiger partial charge in [0.2, 0.25) is 0 Å². The fourth-order valence-corrected chi connectivity index (χ4v) is 0.551. The molecule has 0 bridgehead atoms. The van der Waals surface area contributed by atoms with Gasteiger partial charge in [-0.25, -0.2) is 4.79 Å². The molecule has 0 unspecified atom stereocenters. The molecule has 4 heteroatoms. The number of primary amides is 1. The minimum Gasteiger partial charge on any atom is -0.444 e. The lowest BCUT2D eigenvalue weighted by Crippen LogP contribution is -2.42. The van der Waals surface area contributed by atoms with Gasteiger partial charge in [-0.3, -0.25) is 0 Å². The minimum atomic E-state index is -0.693. The zero-order valence-corrected chi connectivity index (χ0v) is 7.46. The molecule has 0 aliphatic rings. The molecule has 4 nitrogen and oxygen atoms in total. The van der Waals surface area contributed by atoms with Gasteiger partial charge in [0.15, 0.2) is 0 Å². The molecule has 0 saturated heterocycles. The highest BCUT2D eigenvalue weighted by Crippen LogP contribution is 1.94. The maximum absolute atomic E-state index is 10.2. The first-order valence-corrected chi connectivity index (χ1v) is 3.72. The molecule has 0 aliphatic heterocycles. The predicted octanol–water partition coefficient (Wildman–Crippen LogP) is 0.178. The molecule has 2 N–H and O–H groups in total. The zero-order chi connectivity index (χ0) is 8.91. The molecule has 0 atom stereocenters. The number of nitrogens with two attached hydrogens (primary N) is 1. The van der Waals surface area contributed by atoms with Crippen molar-refractivity contribution in [3.8, 4) is 0 Å². The van der Waals surface area contributed by atoms with E-state index in [9.17, 15) is 4.79 Å². The summed E-state index contributed by atoms with van der Waals surface area (Å²) in [6, 6.07) is 0. The Kier molecular flexibility index (Phi) is 3.89. The summed E-state index contributed by atoms with van der Waals surface area (Å²) in [6.07, 6.45) is -0.693. The van der Waals surface area contributed by atoms with Gasteiger partial charge in [0.05, 0.1) is 20.6 Å². The summed E-state index contributed by atoms with van der Waals surface area (Å²) in [5.41, 5.74) is 4.80. The number of carbonyl (C=O) groups is 1. The second-order valence-electron chi connectivity index (χ2n) is 3.14. The van der Waals surface area contributed by atoms with Gasteiger partial charge in [-0.1, -0.05) is 0 Å². The van der Waals surface area contributed by atoms with Crippen LogP contribution < -0.4 is 5.73 Å². The second kappa shape index (κ2) is 4.18. The average Bonchev–Trinajstić information content (AvgIpc) is 1.87. The molecule has 0 aromatic heterocycles. The maximum atomic E-state index is 10.2. The first kappa shape index (κ1) is 10.2. The van der Waals surface area contributed by atoms with Gasteiger partial charge in [-0.2, -0.15) is 0 Å². The first-order valence-electron chi connectivity index (χ1n) is 3.72. The van der Waals surface area contributed by atoms with Crippen LogP contribution in [0.3, 0.4) is 0 Å². The molecule has 0 saturated carbocycles. The number of ether oxygens (including phenoxy) is 1. The van der Waals surface area contributed by atoms with Gasteiger partial charge in [0.25, 0.3) is 0 Å². The molecule has 0 heterocycles. The summed E-state index contributed by atoms with van der Waals surface area (Å²) in [6.45, 7) is 4.31. The molecule has 0 aromatic carbocycles. The van der Waals surface area contributed by atoms with E-state index in [2.05, 4.69) is 25.8 Å². The van der Waals surface area contributed by atoms with Gasteiger partial charge >= 0.3 is 6.09 Å². The van der Waals surface area contributed by atoms with Gasteiger partial charge in [0.1, 0.15) is 13.2 Å². The van der Waals surface area contributed by atoms with Crippen LogP contribution in [0.15, 0.2) is 0 Å². The molecule has 1 amide bonds. The fourth-order valence-electron chi connectivity index (χ4n) is 0.551. The van der Waals surface area contributed by atoms with E-state index in [-0.39, 0.29) is 0 Å². The van der Waals surface area contributed by atoms with Crippen molar-refractivity contribution in [3.05, 3.63) is 0 Å².